The molecule has 0 saturated carbocycles. The van der Waals surface area contributed by atoms with Crippen LogP contribution in [0.3, 0.4) is 0 Å². The van der Waals surface area contributed by atoms with Crippen LogP contribution in [0.2, 0.25) is 0 Å². The highest BCUT2D eigenvalue weighted by atomic mass is 32.2. The SMILES string of the molecule is COc1cc(C(=O)O)c(F)cc1NS(=O)(=O)c1coc(-c2ccc(C3=CCC(C)(C)CC3)cc2)n1. The predicted octanol–water partition coefficient (Wildman–Crippen LogP) is 5.58. The number of rotatable bonds is 7. The number of anilines is 1. The molecule has 0 fully saturated rings. The lowest BCUT2D eigenvalue weighted by atomic mass is 9.77. The molecule has 0 bridgehead atoms. The summed E-state index contributed by atoms with van der Waals surface area (Å²) in [5, 5.41) is 8.63. The molecule has 0 saturated heterocycles. The maximum Gasteiger partial charge on any atom is 0.338 e. The number of benzene rings is 2. The Labute approximate surface area is 202 Å². The number of nitrogens with zero attached hydrogens (tertiary/aromatic N) is 1. The third kappa shape index (κ3) is 5.22. The van der Waals surface area contributed by atoms with E-state index >= 15 is 0 Å². The van der Waals surface area contributed by atoms with E-state index in [1.807, 2.05) is 24.3 Å². The van der Waals surface area contributed by atoms with Gasteiger partial charge in [0.2, 0.25) is 10.9 Å². The molecular weight excluding hydrogens is 475 g/mol. The molecule has 0 spiro atoms. The Kier molecular flexibility index (Phi) is 6.42. The van der Waals surface area contributed by atoms with Gasteiger partial charge >= 0.3 is 5.97 Å². The second kappa shape index (κ2) is 9.18. The Balaban J connectivity index is 1.55. The van der Waals surface area contributed by atoms with Crippen LogP contribution in [0.15, 0.2) is 58.2 Å². The molecule has 0 radical (unpaired) electrons. The summed E-state index contributed by atoms with van der Waals surface area (Å²) in [5.74, 6) is -2.68. The van der Waals surface area contributed by atoms with Crippen molar-refractivity contribution in [3.63, 3.8) is 0 Å². The Morgan fingerprint density at radius 1 is 1.20 bits per heavy atom. The molecule has 1 aliphatic carbocycles. The molecule has 1 aliphatic rings. The van der Waals surface area contributed by atoms with E-state index in [4.69, 9.17) is 14.3 Å². The van der Waals surface area contributed by atoms with Crippen molar-refractivity contribution >= 4 is 27.3 Å². The van der Waals surface area contributed by atoms with Gasteiger partial charge in [-0.1, -0.05) is 32.1 Å². The van der Waals surface area contributed by atoms with Crippen molar-refractivity contribution in [3.05, 3.63) is 65.7 Å². The molecule has 0 amide bonds. The quantitative estimate of drug-likeness (QED) is 0.434. The maximum absolute atomic E-state index is 14.1. The van der Waals surface area contributed by atoms with Crippen molar-refractivity contribution in [1.29, 1.82) is 0 Å². The number of nitrogens with one attached hydrogen (secondary N) is 1. The number of halogens is 1. The molecule has 3 aromatic rings. The Bertz CT molecular complexity index is 1410. The summed E-state index contributed by atoms with van der Waals surface area (Å²) >= 11 is 0. The lowest BCUT2D eigenvalue weighted by molar-refractivity contribution is 0.0691. The van der Waals surface area contributed by atoms with E-state index in [2.05, 4.69) is 29.6 Å². The van der Waals surface area contributed by atoms with Crippen LogP contribution >= 0.6 is 0 Å². The summed E-state index contributed by atoms with van der Waals surface area (Å²) < 4.78 is 52.3. The number of hydrogen-bond acceptors (Lipinski definition) is 6. The van der Waals surface area contributed by atoms with Crippen molar-refractivity contribution in [2.45, 2.75) is 38.1 Å². The van der Waals surface area contributed by atoms with E-state index in [0.29, 0.717) is 11.0 Å². The van der Waals surface area contributed by atoms with E-state index in [1.54, 1.807) is 0 Å². The van der Waals surface area contributed by atoms with Crippen LogP contribution in [0.25, 0.3) is 17.0 Å². The summed E-state index contributed by atoms with van der Waals surface area (Å²) in [5.41, 5.74) is 2.37. The first-order chi connectivity index (χ1) is 16.5. The number of carboxylic acids is 1. The van der Waals surface area contributed by atoms with E-state index in [-0.39, 0.29) is 17.3 Å². The molecule has 10 heteroatoms. The summed E-state index contributed by atoms with van der Waals surface area (Å²) in [6.07, 6.45) is 6.37. The van der Waals surface area contributed by atoms with Crippen LogP contribution in [-0.2, 0) is 10.0 Å². The monoisotopic (exact) mass is 500 g/mol. The number of carbonyl (C=O) groups is 1. The minimum atomic E-state index is -4.28. The van der Waals surface area contributed by atoms with Crippen molar-refractivity contribution in [1.82, 2.24) is 4.98 Å². The molecule has 0 atom stereocenters. The molecule has 0 unspecified atom stereocenters. The summed E-state index contributed by atoms with van der Waals surface area (Å²) in [6, 6.07) is 9.17. The van der Waals surface area contributed by atoms with E-state index in [9.17, 15) is 17.6 Å². The van der Waals surface area contributed by atoms with Crippen molar-refractivity contribution in [3.8, 4) is 17.2 Å². The molecule has 4 rings (SSSR count). The first-order valence-corrected chi connectivity index (χ1v) is 12.4. The van der Waals surface area contributed by atoms with E-state index in [1.165, 1.54) is 12.7 Å². The fourth-order valence-corrected chi connectivity index (χ4v) is 4.78. The average Bonchev–Trinajstić information content (AvgIpc) is 3.30. The lowest BCUT2D eigenvalue weighted by Crippen LogP contribution is -2.15. The number of ether oxygens (including phenoxy) is 1. The van der Waals surface area contributed by atoms with Gasteiger partial charge in [-0.05, 0) is 54.0 Å². The van der Waals surface area contributed by atoms with Gasteiger partial charge in [-0.15, -0.1) is 0 Å². The molecule has 0 aliphatic heterocycles. The van der Waals surface area contributed by atoms with Crippen molar-refractivity contribution in [2.75, 3.05) is 11.8 Å². The minimum absolute atomic E-state index is 0.107. The summed E-state index contributed by atoms with van der Waals surface area (Å²) in [7, 11) is -3.07. The molecule has 1 heterocycles. The largest absolute Gasteiger partial charge is 0.495 e. The lowest BCUT2D eigenvalue weighted by Gasteiger charge is -2.28. The van der Waals surface area contributed by atoms with Crippen LogP contribution in [0.4, 0.5) is 10.1 Å². The van der Waals surface area contributed by atoms with Gasteiger partial charge in [0.15, 0.2) is 0 Å². The number of oxazole rings is 1. The second-order valence-electron chi connectivity index (χ2n) is 9.11. The van der Waals surface area contributed by atoms with Gasteiger partial charge in [-0.25, -0.2) is 9.18 Å². The fraction of sp³-hybridized carbons (Fsp3) is 0.280. The summed E-state index contributed by atoms with van der Waals surface area (Å²) in [4.78, 5) is 15.2. The van der Waals surface area contributed by atoms with Gasteiger partial charge in [-0.2, -0.15) is 13.4 Å². The molecule has 35 heavy (non-hydrogen) atoms. The fourth-order valence-electron chi connectivity index (χ4n) is 3.84. The Morgan fingerprint density at radius 2 is 1.89 bits per heavy atom. The highest BCUT2D eigenvalue weighted by Crippen LogP contribution is 2.38. The zero-order chi connectivity index (χ0) is 25.4. The third-order valence-electron chi connectivity index (χ3n) is 6.00. The smallest absolute Gasteiger partial charge is 0.338 e. The number of aromatic nitrogens is 1. The highest BCUT2D eigenvalue weighted by molar-refractivity contribution is 7.92. The van der Waals surface area contributed by atoms with Gasteiger partial charge in [0.05, 0.1) is 18.4 Å². The number of carboxylic acid groups (broad SMARTS) is 1. The van der Waals surface area contributed by atoms with Gasteiger partial charge in [0.25, 0.3) is 10.0 Å². The standard InChI is InChI=1S/C25H25FN2O6S/c1-25(2)10-8-16(9-11-25)15-4-6-17(7-5-15)23-27-22(14-34-23)35(31,32)28-20-13-19(26)18(24(29)30)12-21(20)33-3/h4-8,12-14,28H,9-11H2,1-3H3,(H,29,30). The van der Waals surface area contributed by atoms with Gasteiger partial charge in [0.1, 0.15) is 17.8 Å². The van der Waals surface area contributed by atoms with Crippen LogP contribution in [-0.4, -0.2) is 31.6 Å². The maximum atomic E-state index is 14.1. The van der Waals surface area contributed by atoms with Crippen LogP contribution in [0.1, 0.15) is 49.0 Å². The zero-order valence-corrected chi connectivity index (χ0v) is 20.3. The van der Waals surface area contributed by atoms with Crippen molar-refractivity contribution < 1.29 is 31.9 Å². The topological polar surface area (TPSA) is 119 Å². The first kappa shape index (κ1) is 24.5. The number of aromatic carboxylic acids is 1. The normalized spacial score (nSPS) is 15.4. The number of methoxy groups -OCH3 is 1. The number of allylic oxidation sites excluding steroid dienone is 2. The predicted molar refractivity (Wildman–Crippen MR) is 128 cm³/mol. The van der Waals surface area contributed by atoms with Crippen LogP contribution in [0, 0.1) is 11.2 Å². The Hall–Kier alpha value is -3.66. The Morgan fingerprint density at radius 3 is 2.49 bits per heavy atom. The van der Waals surface area contributed by atoms with Gasteiger partial charge in [0, 0.05) is 11.6 Å². The molecule has 8 nitrogen and oxygen atoms in total. The van der Waals surface area contributed by atoms with Crippen molar-refractivity contribution in [2.24, 2.45) is 5.41 Å². The average molecular weight is 501 g/mol. The third-order valence-corrected chi connectivity index (χ3v) is 7.22. The number of sulfonamides is 1. The van der Waals surface area contributed by atoms with Crippen LogP contribution < -0.4 is 9.46 Å². The van der Waals surface area contributed by atoms with E-state index in [0.717, 1.165) is 43.2 Å². The molecule has 2 N–H and O–H groups in total. The molecule has 2 aromatic carbocycles. The molecule has 1 aromatic heterocycles. The van der Waals surface area contributed by atoms with E-state index < -0.39 is 32.4 Å². The van der Waals surface area contributed by atoms with Crippen LogP contribution in [0.5, 0.6) is 5.75 Å². The van der Waals surface area contributed by atoms with Gasteiger partial charge < -0.3 is 14.3 Å². The second-order valence-corrected chi connectivity index (χ2v) is 10.7. The first-order valence-electron chi connectivity index (χ1n) is 10.9. The number of hydrogen-bond donors (Lipinski definition) is 2. The zero-order valence-electron chi connectivity index (χ0n) is 19.5. The minimum Gasteiger partial charge on any atom is -0.495 e. The molecular formula is C25H25FN2O6S. The molecule has 184 valence electrons. The van der Waals surface area contributed by atoms with Gasteiger partial charge in [-0.3, -0.25) is 4.72 Å². The summed E-state index contributed by atoms with van der Waals surface area (Å²) in [6.45, 7) is 4.51. The highest BCUT2D eigenvalue weighted by Gasteiger charge is 2.25.